The average molecular weight is 192 g/mol. The standard InChI is InChI=1S/C11H16N2O/c1-11(2,13-10(12)14)8-9-6-4-3-5-7-9/h3-7H,8H2,1-2H3,(H3,12,13,14). The molecule has 0 bridgehead atoms. The van der Waals surface area contributed by atoms with Crippen molar-refractivity contribution in [1.82, 2.24) is 5.32 Å². The molecule has 0 saturated carbocycles. The van der Waals surface area contributed by atoms with Gasteiger partial charge in [-0.25, -0.2) is 4.79 Å². The van der Waals surface area contributed by atoms with Crippen LogP contribution in [-0.2, 0) is 6.42 Å². The van der Waals surface area contributed by atoms with Gasteiger partial charge in [-0.1, -0.05) is 30.3 Å². The molecular weight excluding hydrogens is 176 g/mol. The summed E-state index contributed by atoms with van der Waals surface area (Å²) in [4.78, 5) is 10.7. The number of amides is 2. The van der Waals surface area contributed by atoms with Gasteiger partial charge < -0.3 is 11.1 Å². The average Bonchev–Trinajstić information content (AvgIpc) is 2.02. The van der Waals surface area contributed by atoms with Crippen molar-refractivity contribution in [3.63, 3.8) is 0 Å². The Labute approximate surface area is 84.3 Å². The van der Waals surface area contributed by atoms with E-state index in [4.69, 9.17) is 5.73 Å². The van der Waals surface area contributed by atoms with Crippen LogP contribution < -0.4 is 11.1 Å². The van der Waals surface area contributed by atoms with E-state index in [2.05, 4.69) is 5.32 Å². The molecule has 0 heterocycles. The summed E-state index contributed by atoms with van der Waals surface area (Å²) in [6, 6.07) is 9.52. The zero-order valence-electron chi connectivity index (χ0n) is 8.58. The van der Waals surface area contributed by atoms with Gasteiger partial charge in [0.25, 0.3) is 0 Å². The number of hydrogen-bond donors (Lipinski definition) is 2. The topological polar surface area (TPSA) is 55.1 Å². The number of nitrogens with one attached hydrogen (secondary N) is 1. The van der Waals surface area contributed by atoms with E-state index in [9.17, 15) is 4.79 Å². The summed E-state index contributed by atoms with van der Waals surface area (Å²) >= 11 is 0. The normalized spacial score (nSPS) is 11.0. The molecule has 1 aromatic carbocycles. The maximum absolute atomic E-state index is 10.7. The van der Waals surface area contributed by atoms with Gasteiger partial charge in [-0.2, -0.15) is 0 Å². The quantitative estimate of drug-likeness (QED) is 0.752. The van der Waals surface area contributed by atoms with E-state index in [1.54, 1.807) is 0 Å². The first-order chi connectivity index (χ1) is 6.49. The van der Waals surface area contributed by atoms with E-state index in [0.717, 1.165) is 6.42 Å². The van der Waals surface area contributed by atoms with Gasteiger partial charge >= 0.3 is 6.03 Å². The van der Waals surface area contributed by atoms with Crippen LogP contribution in [-0.4, -0.2) is 11.6 Å². The summed E-state index contributed by atoms with van der Waals surface area (Å²) < 4.78 is 0. The zero-order chi connectivity index (χ0) is 10.6. The Morgan fingerprint density at radius 1 is 1.36 bits per heavy atom. The molecule has 0 fully saturated rings. The molecule has 0 radical (unpaired) electrons. The molecule has 0 aliphatic rings. The lowest BCUT2D eigenvalue weighted by atomic mass is 9.95. The van der Waals surface area contributed by atoms with Gasteiger partial charge in [0.1, 0.15) is 0 Å². The molecule has 0 aliphatic heterocycles. The molecule has 0 atom stereocenters. The van der Waals surface area contributed by atoms with Gasteiger partial charge in [0.2, 0.25) is 0 Å². The van der Waals surface area contributed by atoms with Crippen molar-refractivity contribution in [2.45, 2.75) is 25.8 Å². The molecule has 1 aromatic rings. The number of primary amides is 1. The minimum absolute atomic E-state index is 0.298. The molecule has 14 heavy (non-hydrogen) atoms. The number of rotatable bonds is 3. The number of carbonyl (C=O) groups excluding carboxylic acids is 1. The van der Waals surface area contributed by atoms with Crippen LogP contribution in [0.3, 0.4) is 0 Å². The highest BCUT2D eigenvalue weighted by Gasteiger charge is 2.19. The van der Waals surface area contributed by atoms with Gasteiger partial charge in [-0.3, -0.25) is 0 Å². The van der Waals surface area contributed by atoms with E-state index >= 15 is 0 Å². The Bertz CT molecular complexity index is 306. The van der Waals surface area contributed by atoms with Gasteiger partial charge in [-0.05, 0) is 25.8 Å². The summed E-state index contributed by atoms with van der Waals surface area (Å²) in [5.41, 5.74) is 5.97. The van der Waals surface area contributed by atoms with Crippen LogP contribution in [0.15, 0.2) is 30.3 Å². The molecule has 2 amide bonds. The lowest BCUT2D eigenvalue weighted by Crippen LogP contribution is -2.47. The molecule has 3 nitrogen and oxygen atoms in total. The second-order valence-electron chi connectivity index (χ2n) is 4.04. The molecule has 1 rings (SSSR count). The van der Waals surface area contributed by atoms with Crippen LogP contribution in [0.2, 0.25) is 0 Å². The summed E-state index contributed by atoms with van der Waals surface area (Å²) in [6.45, 7) is 3.90. The van der Waals surface area contributed by atoms with Crippen molar-refractivity contribution in [3.8, 4) is 0 Å². The first kappa shape index (κ1) is 10.6. The third-order valence-corrected chi connectivity index (χ3v) is 1.95. The highest BCUT2D eigenvalue weighted by molar-refractivity contribution is 5.72. The molecule has 0 unspecified atom stereocenters. The largest absolute Gasteiger partial charge is 0.352 e. The lowest BCUT2D eigenvalue weighted by Gasteiger charge is -2.25. The molecule has 0 aliphatic carbocycles. The summed E-state index contributed by atoms with van der Waals surface area (Å²) in [5.74, 6) is 0. The summed E-state index contributed by atoms with van der Waals surface area (Å²) in [7, 11) is 0. The monoisotopic (exact) mass is 192 g/mol. The highest BCUT2D eigenvalue weighted by Crippen LogP contribution is 2.11. The van der Waals surface area contributed by atoms with Gasteiger partial charge in [0, 0.05) is 5.54 Å². The predicted molar refractivity (Wildman–Crippen MR) is 56.9 cm³/mol. The molecular formula is C11H16N2O. The number of urea groups is 1. The number of carbonyl (C=O) groups is 1. The van der Waals surface area contributed by atoms with E-state index in [-0.39, 0.29) is 5.54 Å². The van der Waals surface area contributed by atoms with Gasteiger partial charge in [0.15, 0.2) is 0 Å². The molecule has 0 saturated heterocycles. The fourth-order valence-corrected chi connectivity index (χ4v) is 1.48. The van der Waals surface area contributed by atoms with Crippen LogP contribution in [0.25, 0.3) is 0 Å². The van der Waals surface area contributed by atoms with Crippen molar-refractivity contribution in [3.05, 3.63) is 35.9 Å². The van der Waals surface area contributed by atoms with E-state index in [1.165, 1.54) is 5.56 Å². The lowest BCUT2D eigenvalue weighted by molar-refractivity contribution is 0.238. The van der Waals surface area contributed by atoms with Crippen molar-refractivity contribution >= 4 is 6.03 Å². The molecule has 3 N–H and O–H groups in total. The van der Waals surface area contributed by atoms with Gasteiger partial charge in [0.05, 0.1) is 0 Å². The summed E-state index contributed by atoms with van der Waals surface area (Å²) in [5, 5.41) is 2.71. The minimum Gasteiger partial charge on any atom is -0.352 e. The van der Waals surface area contributed by atoms with Crippen molar-refractivity contribution in [2.75, 3.05) is 0 Å². The third-order valence-electron chi connectivity index (χ3n) is 1.95. The first-order valence-electron chi connectivity index (χ1n) is 4.61. The predicted octanol–water partition coefficient (Wildman–Crippen LogP) is 1.68. The fourth-order valence-electron chi connectivity index (χ4n) is 1.48. The van der Waals surface area contributed by atoms with E-state index in [0.29, 0.717) is 0 Å². The van der Waals surface area contributed by atoms with Crippen LogP contribution in [0, 0.1) is 0 Å². The second-order valence-corrected chi connectivity index (χ2v) is 4.04. The van der Waals surface area contributed by atoms with Gasteiger partial charge in [-0.15, -0.1) is 0 Å². The SMILES string of the molecule is CC(C)(Cc1ccccc1)NC(N)=O. The van der Waals surface area contributed by atoms with Crippen LogP contribution in [0.1, 0.15) is 19.4 Å². The number of benzene rings is 1. The van der Waals surface area contributed by atoms with Crippen molar-refractivity contribution in [2.24, 2.45) is 5.73 Å². The second kappa shape index (κ2) is 4.13. The van der Waals surface area contributed by atoms with Crippen molar-refractivity contribution < 1.29 is 4.79 Å². The number of hydrogen-bond acceptors (Lipinski definition) is 1. The fraction of sp³-hybridized carbons (Fsp3) is 0.364. The molecule has 0 spiro atoms. The molecule has 3 heteroatoms. The van der Waals surface area contributed by atoms with E-state index in [1.807, 2.05) is 44.2 Å². The smallest absolute Gasteiger partial charge is 0.312 e. The Morgan fingerprint density at radius 2 is 1.93 bits per heavy atom. The van der Waals surface area contributed by atoms with Crippen LogP contribution >= 0.6 is 0 Å². The molecule has 0 aromatic heterocycles. The van der Waals surface area contributed by atoms with Crippen LogP contribution in [0.4, 0.5) is 4.79 Å². The highest BCUT2D eigenvalue weighted by atomic mass is 16.2. The Kier molecular flexibility index (Phi) is 3.12. The Hall–Kier alpha value is -1.51. The zero-order valence-corrected chi connectivity index (χ0v) is 8.58. The molecule has 76 valence electrons. The summed E-state index contributed by atoms with van der Waals surface area (Å²) in [6.07, 6.45) is 0.775. The third kappa shape index (κ3) is 3.47. The first-order valence-corrected chi connectivity index (χ1v) is 4.61. The van der Waals surface area contributed by atoms with Crippen molar-refractivity contribution in [1.29, 1.82) is 0 Å². The van der Waals surface area contributed by atoms with Crippen LogP contribution in [0.5, 0.6) is 0 Å². The Morgan fingerprint density at radius 3 is 2.43 bits per heavy atom. The Balaban J connectivity index is 2.63. The maximum atomic E-state index is 10.7. The minimum atomic E-state index is -0.481. The maximum Gasteiger partial charge on any atom is 0.312 e. The number of nitrogens with two attached hydrogens (primary N) is 1. The van der Waals surface area contributed by atoms with E-state index < -0.39 is 6.03 Å².